The first-order valence-electron chi connectivity index (χ1n) is 8.13. The zero-order valence-electron chi connectivity index (χ0n) is 14.6. The number of rotatable bonds is 6. The summed E-state index contributed by atoms with van der Waals surface area (Å²) in [5, 5.41) is 4.54. The maximum Gasteiger partial charge on any atom is 0.243 e. The summed E-state index contributed by atoms with van der Waals surface area (Å²) in [5.74, 6) is 0.598. The second-order valence-corrected chi connectivity index (χ2v) is 9.36. The maximum atomic E-state index is 13.0. The second-order valence-electron chi connectivity index (χ2n) is 6.12. The molecule has 0 spiro atoms. The van der Waals surface area contributed by atoms with Gasteiger partial charge in [-0.2, -0.15) is 9.29 Å². The fourth-order valence-corrected chi connectivity index (χ4v) is 4.43. The van der Waals surface area contributed by atoms with Crippen molar-refractivity contribution in [3.05, 3.63) is 63.9 Å². The van der Waals surface area contributed by atoms with E-state index in [9.17, 15) is 8.42 Å². The molecule has 0 radical (unpaired) electrons. The van der Waals surface area contributed by atoms with Crippen molar-refractivity contribution in [3.63, 3.8) is 0 Å². The molecule has 3 rings (SSSR count). The van der Waals surface area contributed by atoms with Crippen LogP contribution in [-0.4, -0.2) is 28.9 Å². The Morgan fingerprint density at radius 1 is 1.11 bits per heavy atom. The number of hydrogen-bond acceptors (Lipinski definition) is 5. The highest BCUT2D eigenvalue weighted by molar-refractivity contribution is 9.10. The Balaban J connectivity index is 1.87. The van der Waals surface area contributed by atoms with Crippen molar-refractivity contribution in [2.24, 2.45) is 0 Å². The van der Waals surface area contributed by atoms with Gasteiger partial charge in [-0.1, -0.05) is 32.7 Å². The van der Waals surface area contributed by atoms with E-state index in [1.54, 1.807) is 62.4 Å². The Morgan fingerprint density at radius 3 is 2.33 bits per heavy atom. The van der Waals surface area contributed by atoms with Crippen LogP contribution in [0.1, 0.15) is 19.7 Å². The predicted octanol–water partition coefficient (Wildman–Crippen LogP) is 4.75. The molecule has 0 amide bonds. The maximum absolute atomic E-state index is 13.0. The molecule has 0 N–H and O–H groups in total. The molecule has 0 aliphatic heterocycles. The molecule has 1 heterocycles. The van der Waals surface area contributed by atoms with Gasteiger partial charge in [0.1, 0.15) is 0 Å². The summed E-state index contributed by atoms with van der Waals surface area (Å²) in [6, 6.07) is 13.2. The van der Waals surface area contributed by atoms with Crippen molar-refractivity contribution >= 4 is 37.6 Å². The number of benzene rings is 2. The van der Waals surface area contributed by atoms with Gasteiger partial charge >= 0.3 is 0 Å². The van der Waals surface area contributed by atoms with Crippen LogP contribution >= 0.6 is 27.5 Å². The van der Waals surface area contributed by atoms with E-state index in [0.717, 1.165) is 10.0 Å². The Morgan fingerprint density at radius 2 is 1.74 bits per heavy atom. The summed E-state index contributed by atoms with van der Waals surface area (Å²) in [6.07, 6.45) is 0. The van der Waals surface area contributed by atoms with E-state index in [4.69, 9.17) is 16.1 Å². The third kappa shape index (κ3) is 4.57. The van der Waals surface area contributed by atoms with E-state index >= 15 is 0 Å². The van der Waals surface area contributed by atoms with E-state index in [1.165, 1.54) is 4.31 Å². The largest absolute Gasteiger partial charge is 0.338 e. The van der Waals surface area contributed by atoms with E-state index in [0.29, 0.717) is 10.8 Å². The normalized spacial score (nSPS) is 12.1. The lowest BCUT2D eigenvalue weighted by molar-refractivity contribution is 0.286. The van der Waals surface area contributed by atoms with Gasteiger partial charge in [-0.25, -0.2) is 8.42 Å². The average molecular weight is 471 g/mol. The van der Waals surface area contributed by atoms with Gasteiger partial charge in [-0.05, 0) is 62.4 Å². The lowest BCUT2D eigenvalue weighted by Crippen LogP contribution is -2.36. The first-order chi connectivity index (χ1) is 12.8. The molecule has 6 nitrogen and oxygen atoms in total. The fourth-order valence-electron chi connectivity index (χ4n) is 2.46. The minimum Gasteiger partial charge on any atom is -0.338 e. The van der Waals surface area contributed by atoms with Crippen molar-refractivity contribution in [1.29, 1.82) is 0 Å². The SMILES string of the molecule is CC(C)N(Cc1nc(-c2ccc(Cl)cc2)no1)S(=O)(=O)c1ccc(Br)cc1. The zero-order valence-corrected chi connectivity index (χ0v) is 17.8. The molecule has 1 aromatic heterocycles. The van der Waals surface area contributed by atoms with Crippen LogP contribution in [0.5, 0.6) is 0 Å². The summed E-state index contributed by atoms with van der Waals surface area (Å²) in [4.78, 5) is 4.52. The highest BCUT2D eigenvalue weighted by Gasteiger charge is 2.29. The minimum atomic E-state index is -3.71. The van der Waals surface area contributed by atoms with E-state index in [-0.39, 0.29) is 23.4 Å². The van der Waals surface area contributed by atoms with Crippen LogP contribution in [0.3, 0.4) is 0 Å². The van der Waals surface area contributed by atoms with E-state index < -0.39 is 10.0 Å². The molecule has 9 heteroatoms. The van der Waals surface area contributed by atoms with Crippen LogP contribution in [-0.2, 0) is 16.6 Å². The molecule has 3 aromatic rings. The number of aromatic nitrogens is 2. The quantitative estimate of drug-likeness (QED) is 0.519. The molecule has 142 valence electrons. The topological polar surface area (TPSA) is 76.3 Å². The van der Waals surface area contributed by atoms with Gasteiger partial charge in [0.2, 0.25) is 21.7 Å². The lowest BCUT2D eigenvalue weighted by Gasteiger charge is -2.24. The fraction of sp³-hybridized carbons (Fsp3) is 0.222. The Kier molecular flexibility index (Phi) is 6.00. The number of sulfonamides is 1. The van der Waals surface area contributed by atoms with Crippen LogP contribution in [0, 0.1) is 0 Å². The van der Waals surface area contributed by atoms with Crippen LogP contribution in [0.15, 0.2) is 62.4 Å². The third-order valence-electron chi connectivity index (χ3n) is 3.86. The third-order valence-corrected chi connectivity index (χ3v) is 6.67. The van der Waals surface area contributed by atoms with Gasteiger partial charge in [0.05, 0.1) is 11.4 Å². The van der Waals surface area contributed by atoms with Gasteiger partial charge in [-0.15, -0.1) is 0 Å². The average Bonchev–Trinajstić information content (AvgIpc) is 3.09. The molecular weight excluding hydrogens is 454 g/mol. The molecule has 0 bridgehead atoms. The molecule has 0 fully saturated rings. The zero-order chi connectivity index (χ0) is 19.6. The first kappa shape index (κ1) is 20.0. The molecule has 0 saturated heterocycles. The van der Waals surface area contributed by atoms with Crippen molar-refractivity contribution < 1.29 is 12.9 Å². The Labute approximate surface area is 171 Å². The van der Waals surface area contributed by atoms with Gasteiger partial charge in [0.15, 0.2) is 0 Å². The molecule has 0 saturated carbocycles. The minimum absolute atomic E-state index is 0.0172. The van der Waals surface area contributed by atoms with E-state index in [2.05, 4.69) is 26.1 Å². The van der Waals surface area contributed by atoms with Crippen molar-refractivity contribution in [1.82, 2.24) is 14.4 Å². The van der Waals surface area contributed by atoms with Crippen LogP contribution in [0.2, 0.25) is 5.02 Å². The van der Waals surface area contributed by atoms with E-state index in [1.807, 2.05) is 0 Å². The lowest BCUT2D eigenvalue weighted by atomic mass is 10.2. The summed E-state index contributed by atoms with van der Waals surface area (Å²) in [5.41, 5.74) is 0.737. The molecule has 2 aromatic carbocycles. The first-order valence-corrected chi connectivity index (χ1v) is 10.7. The standard InChI is InChI=1S/C18H17BrClN3O3S/c1-12(2)23(27(24,25)16-9-5-14(19)6-10-16)11-17-21-18(22-26-17)13-3-7-15(20)8-4-13/h3-10,12H,11H2,1-2H3. The molecule has 0 aliphatic carbocycles. The summed E-state index contributed by atoms with van der Waals surface area (Å²) in [6.45, 7) is 3.58. The van der Waals surface area contributed by atoms with Gasteiger partial charge in [0, 0.05) is 21.1 Å². The smallest absolute Gasteiger partial charge is 0.243 e. The molecule has 0 aliphatic rings. The number of hydrogen-bond donors (Lipinski definition) is 0. The van der Waals surface area contributed by atoms with Gasteiger partial charge in [-0.3, -0.25) is 0 Å². The van der Waals surface area contributed by atoms with Crippen molar-refractivity contribution in [3.8, 4) is 11.4 Å². The number of nitrogens with zero attached hydrogens (tertiary/aromatic N) is 3. The monoisotopic (exact) mass is 469 g/mol. The molecular formula is C18H17BrClN3O3S. The summed E-state index contributed by atoms with van der Waals surface area (Å²) in [7, 11) is -3.71. The molecule has 27 heavy (non-hydrogen) atoms. The Bertz CT molecular complexity index is 1020. The highest BCUT2D eigenvalue weighted by Crippen LogP contribution is 2.24. The molecule has 0 unspecified atom stereocenters. The van der Waals surface area contributed by atoms with Crippen molar-refractivity contribution in [2.45, 2.75) is 31.3 Å². The predicted molar refractivity (Wildman–Crippen MR) is 107 cm³/mol. The van der Waals surface area contributed by atoms with Gasteiger partial charge < -0.3 is 4.52 Å². The van der Waals surface area contributed by atoms with Crippen LogP contribution in [0.4, 0.5) is 0 Å². The summed E-state index contributed by atoms with van der Waals surface area (Å²) < 4.78 is 33.4. The number of halogens is 2. The Hall–Kier alpha value is -1.74. The summed E-state index contributed by atoms with van der Waals surface area (Å²) >= 11 is 9.20. The van der Waals surface area contributed by atoms with Crippen LogP contribution in [0.25, 0.3) is 11.4 Å². The van der Waals surface area contributed by atoms with Crippen LogP contribution < -0.4 is 0 Å². The van der Waals surface area contributed by atoms with Gasteiger partial charge in [0.25, 0.3) is 0 Å². The van der Waals surface area contributed by atoms with Crippen molar-refractivity contribution in [2.75, 3.05) is 0 Å². The second kappa shape index (κ2) is 8.10. The highest BCUT2D eigenvalue weighted by atomic mass is 79.9. The molecule has 0 atom stereocenters.